The zero-order valence-corrected chi connectivity index (χ0v) is 20.4. The molecule has 0 saturated heterocycles. The standard InChI is InChI=1S/C25H30N6O2S/c1-3-23(24-27-28-29-31(24)19-7-4-5-8-19)30(16-21-9-6-12-34-21)15-18-13-17-14-20(33-2)10-11-22(17)26-25(18)32/h6,9-14,19,23H,3-5,7-8,15-16H2,1-2H3,(H,26,32). The lowest BCUT2D eigenvalue weighted by atomic mass is 10.1. The van der Waals surface area contributed by atoms with Crippen LogP contribution in [0.3, 0.4) is 0 Å². The van der Waals surface area contributed by atoms with Crippen LogP contribution in [0.4, 0.5) is 0 Å². The minimum atomic E-state index is -0.0703. The van der Waals surface area contributed by atoms with E-state index < -0.39 is 0 Å². The number of methoxy groups -OCH3 is 1. The van der Waals surface area contributed by atoms with Crippen molar-refractivity contribution in [3.05, 3.63) is 68.4 Å². The summed E-state index contributed by atoms with van der Waals surface area (Å²) in [4.78, 5) is 19.7. The number of hydrogen-bond acceptors (Lipinski definition) is 7. The molecular weight excluding hydrogens is 448 g/mol. The van der Waals surface area contributed by atoms with E-state index in [2.05, 4.69) is 49.8 Å². The first-order chi connectivity index (χ1) is 16.7. The van der Waals surface area contributed by atoms with Crippen LogP contribution in [0.5, 0.6) is 5.75 Å². The van der Waals surface area contributed by atoms with Gasteiger partial charge in [-0.05, 0) is 65.4 Å². The van der Waals surface area contributed by atoms with Gasteiger partial charge in [0.1, 0.15) is 5.75 Å². The molecule has 1 saturated carbocycles. The SMILES string of the molecule is CCC(c1nnnn1C1CCCC1)N(Cc1cccs1)Cc1cc2cc(OC)ccc2[nH]c1=O. The van der Waals surface area contributed by atoms with E-state index in [4.69, 9.17) is 4.74 Å². The first kappa shape index (κ1) is 22.7. The number of hydrogen-bond donors (Lipinski definition) is 1. The summed E-state index contributed by atoms with van der Waals surface area (Å²) in [7, 11) is 1.65. The van der Waals surface area contributed by atoms with Gasteiger partial charge in [-0.2, -0.15) is 0 Å². The summed E-state index contributed by atoms with van der Waals surface area (Å²) < 4.78 is 7.42. The first-order valence-corrected chi connectivity index (χ1v) is 12.8. The quantitative estimate of drug-likeness (QED) is 0.370. The molecule has 1 aliphatic rings. The Morgan fingerprint density at radius 3 is 2.82 bits per heavy atom. The monoisotopic (exact) mass is 478 g/mol. The molecule has 4 aromatic rings. The maximum atomic E-state index is 13.0. The Kier molecular flexibility index (Phi) is 6.73. The number of tetrazole rings is 1. The average Bonchev–Trinajstić information content (AvgIpc) is 3.62. The van der Waals surface area contributed by atoms with Crippen LogP contribution in [0.1, 0.15) is 67.4 Å². The molecule has 1 fully saturated rings. The van der Waals surface area contributed by atoms with Crippen LogP contribution in [-0.2, 0) is 13.1 Å². The van der Waals surface area contributed by atoms with Crippen molar-refractivity contribution in [1.29, 1.82) is 0 Å². The van der Waals surface area contributed by atoms with Gasteiger partial charge in [0, 0.05) is 34.4 Å². The summed E-state index contributed by atoms with van der Waals surface area (Å²) in [5, 5.41) is 16.0. The highest BCUT2D eigenvalue weighted by molar-refractivity contribution is 7.09. The molecule has 8 nitrogen and oxygen atoms in total. The second-order valence-electron chi connectivity index (χ2n) is 8.91. The molecule has 0 spiro atoms. The number of nitrogens with one attached hydrogen (secondary N) is 1. The van der Waals surface area contributed by atoms with Gasteiger partial charge in [-0.25, -0.2) is 4.68 Å². The lowest BCUT2D eigenvalue weighted by Gasteiger charge is -2.30. The van der Waals surface area contributed by atoms with E-state index in [-0.39, 0.29) is 11.6 Å². The van der Waals surface area contributed by atoms with Crippen LogP contribution >= 0.6 is 11.3 Å². The fourth-order valence-electron chi connectivity index (χ4n) is 5.01. The van der Waals surface area contributed by atoms with E-state index in [0.29, 0.717) is 12.6 Å². The zero-order chi connectivity index (χ0) is 23.5. The molecule has 0 amide bonds. The Bertz CT molecular complexity index is 1290. The largest absolute Gasteiger partial charge is 0.497 e. The predicted molar refractivity (Wildman–Crippen MR) is 133 cm³/mol. The molecule has 0 radical (unpaired) electrons. The highest BCUT2D eigenvalue weighted by Crippen LogP contribution is 2.34. The number of benzene rings is 1. The summed E-state index contributed by atoms with van der Waals surface area (Å²) in [6.07, 6.45) is 5.51. The lowest BCUT2D eigenvalue weighted by Crippen LogP contribution is -2.32. The molecule has 1 aliphatic carbocycles. The van der Waals surface area contributed by atoms with Crippen molar-refractivity contribution < 1.29 is 4.74 Å². The normalized spacial score (nSPS) is 15.4. The number of fused-ring (bicyclic) bond motifs is 1. The van der Waals surface area contributed by atoms with Crippen molar-refractivity contribution in [3.63, 3.8) is 0 Å². The third-order valence-electron chi connectivity index (χ3n) is 6.76. The molecule has 34 heavy (non-hydrogen) atoms. The van der Waals surface area contributed by atoms with Crippen molar-refractivity contribution in [2.24, 2.45) is 0 Å². The molecule has 1 N–H and O–H groups in total. The summed E-state index contributed by atoms with van der Waals surface area (Å²) in [5.41, 5.74) is 1.45. The molecular formula is C25H30N6O2S. The molecule has 1 atom stereocenters. The molecule has 5 rings (SSSR count). The van der Waals surface area contributed by atoms with Crippen molar-refractivity contribution in [2.45, 2.75) is 64.2 Å². The fourth-order valence-corrected chi connectivity index (χ4v) is 5.73. The molecule has 3 aromatic heterocycles. The number of ether oxygens (including phenoxy) is 1. The van der Waals surface area contributed by atoms with Gasteiger partial charge >= 0.3 is 0 Å². The molecule has 0 bridgehead atoms. The Hall–Kier alpha value is -3.04. The highest BCUT2D eigenvalue weighted by Gasteiger charge is 2.29. The van der Waals surface area contributed by atoms with Crippen LogP contribution in [0, 0.1) is 0 Å². The maximum Gasteiger partial charge on any atom is 0.252 e. The second-order valence-corrected chi connectivity index (χ2v) is 9.94. The number of nitrogens with zero attached hydrogens (tertiary/aromatic N) is 5. The summed E-state index contributed by atoms with van der Waals surface area (Å²) in [5.74, 6) is 1.66. The Labute approximate surface area is 202 Å². The number of aromatic nitrogens is 5. The van der Waals surface area contributed by atoms with Crippen LogP contribution in [0.2, 0.25) is 0 Å². The van der Waals surface area contributed by atoms with E-state index in [0.717, 1.165) is 53.8 Å². The summed E-state index contributed by atoms with van der Waals surface area (Å²) in [6, 6.07) is 12.2. The molecule has 0 aliphatic heterocycles. The first-order valence-electron chi connectivity index (χ1n) is 11.9. The average molecular weight is 479 g/mol. The van der Waals surface area contributed by atoms with E-state index in [1.807, 2.05) is 28.9 Å². The molecule has 9 heteroatoms. The van der Waals surface area contributed by atoms with Crippen molar-refractivity contribution >= 4 is 22.2 Å². The summed E-state index contributed by atoms with van der Waals surface area (Å²) >= 11 is 1.73. The number of pyridine rings is 1. The molecule has 3 heterocycles. The molecule has 1 aromatic carbocycles. The van der Waals surface area contributed by atoms with Gasteiger partial charge in [0.25, 0.3) is 5.56 Å². The van der Waals surface area contributed by atoms with Gasteiger partial charge in [-0.1, -0.05) is 25.8 Å². The zero-order valence-electron chi connectivity index (χ0n) is 19.6. The summed E-state index contributed by atoms with van der Waals surface area (Å²) in [6.45, 7) is 3.38. The van der Waals surface area contributed by atoms with Crippen molar-refractivity contribution in [2.75, 3.05) is 7.11 Å². The minimum Gasteiger partial charge on any atom is -0.497 e. The number of thiophene rings is 1. The lowest BCUT2D eigenvalue weighted by molar-refractivity contribution is 0.159. The number of rotatable bonds is 9. The van der Waals surface area contributed by atoms with Crippen LogP contribution in [0.15, 0.2) is 46.6 Å². The van der Waals surface area contributed by atoms with Gasteiger partial charge in [0.05, 0.1) is 19.2 Å². The van der Waals surface area contributed by atoms with E-state index in [1.165, 1.54) is 17.7 Å². The van der Waals surface area contributed by atoms with Gasteiger partial charge in [-0.3, -0.25) is 9.69 Å². The van der Waals surface area contributed by atoms with Gasteiger partial charge in [0.15, 0.2) is 5.82 Å². The highest BCUT2D eigenvalue weighted by atomic mass is 32.1. The van der Waals surface area contributed by atoms with Gasteiger partial charge < -0.3 is 9.72 Å². The minimum absolute atomic E-state index is 0.00175. The maximum absolute atomic E-state index is 13.0. The number of H-pyrrole nitrogens is 1. The smallest absolute Gasteiger partial charge is 0.252 e. The van der Waals surface area contributed by atoms with Crippen molar-refractivity contribution in [3.8, 4) is 5.75 Å². The van der Waals surface area contributed by atoms with Crippen molar-refractivity contribution in [1.82, 2.24) is 30.1 Å². The third-order valence-corrected chi connectivity index (χ3v) is 7.62. The molecule has 178 valence electrons. The second kappa shape index (κ2) is 10.1. The van der Waals surface area contributed by atoms with E-state index in [1.54, 1.807) is 18.4 Å². The van der Waals surface area contributed by atoms with Crippen LogP contribution in [0.25, 0.3) is 10.9 Å². The molecule has 1 unspecified atom stereocenters. The number of aromatic amines is 1. The Morgan fingerprint density at radius 1 is 1.24 bits per heavy atom. The Morgan fingerprint density at radius 2 is 2.09 bits per heavy atom. The predicted octanol–water partition coefficient (Wildman–Crippen LogP) is 4.85. The van der Waals surface area contributed by atoms with Gasteiger partial charge in [-0.15, -0.1) is 16.4 Å². The Balaban J connectivity index is 1.52. The van der Waals surface area contributed by atoms with Gasteiger partial charge in [0.2, 0.25) is 0 Å². The fraction of sp³-hybridized carbons (Fsp3) is 0.440. The third kappa shape index (κ3) is 4.63. The van der Waals surface area contributed by atoms with Crippen LogP contribution in [-0.4, -0.2) is 37.2 Å². The topological polar surface area (TPSA) is 88.9 Å². The van der Waals surface area contributed by atoms with E-state index >= 15 is 0 Å². The van der Waals surface area contributed by atoms with E-state index in [9.17, 15) is 4.79 Å². The van der Waals surface area contributed by atoms with Crippen LogP contribution < -0.4 is 10.3 Å².